The zero-order valence-electron chi connectivity index (χ0n) is 23.5. The van der Waals surface area contributed by atoms with E-state index < -0.39 is 29.7 Å². The van der Waals surface area contributed by atoms with Crippen LogP contribution in [0.25, 0.3) is 21.7 Å². The molecule has 0 aliphatic rings. The lowest BCUT2D eigenvalue weighted by Gasteiger charge is -2.13. The molecule has 0 amide bonds. The van der Waals surface area contributed by atoms with Crippen LogP contribution in [-0.2, 0) is 16.0 Å². The van der Waals surface area contributed by atoms with E-state index in [1.54, 1.807) is 44.4 Å². The van der Waals surface area contributed by atoms with E-state index in [0.717, 1.165) is 28.3 Å². The molecule has 13 heteroatoms. The summed E-state index contributed by atoms with van der Waals surface area (Å²) < 4.78 is 84.6. The topological polar surface area (TPSA) is 91.8 Å². The number of esters is 1. The molecular weight excluding hydrogens is 577 g/mol. The average molecular weight is 608 g/mol. The number of rotatable bonds is 14. The molecule has 0 saturated carbocycles. The number of carbonyl (C=O) groups is 1. The van der Waals surface area contributed by atoms with Crippen molar-refractivity contribution in [2.24, 2.45) is 0 Å². The normalized spacial score (nSPS) is 11.8. The SMILES string of the molecule is CC(C)OC(=O)c1ccc2c(c1)nc(OCCOCCCCNCc1cc(F)c(OC(F)(F)F)c(F)c1)c1ccncc12. The van der Waals surface area contributed by atoms with Gasteiger partial charge < -0.3 is 24.3 Å². The van der Waals surface area contributed by atoms with Gasteiger partial charge in [0.25, 0.3) is 0 Å². The Morgan fingerprint density at radius 1 is 0.953 bits per heavy atom. The summed E-state index contributed by atoms with van der Waals surface area (Å²) in [4.78, 5) is 21.2. The maximum absolute atomic E-state index is 13.8. The molecule has 0 saturated heterocycles. The summed E-state index contributed by atoms with van der Waals surface area (Å²) >= 11 is 0. The third kappa shape index (κ3) is 8.94. The van der Waals surface area contributed by atoms with Crippen molar-refractivity contribution in [3.05, 3.63) is 71.6 Å². The highest BCUT2D eigenvalue weighted by molar-refractivity contribution is 6.08. The van der Waals surface area contributed by atoms with Gasteiger partial charge in [0.1, 0.15) is 6.61 Å². The number of nitrogens with zero attached hydrogens (tertiary/aromatic N) is 2. The number of hydrogen-bond donors (Lipinski definition) is 1. The van der Waals surface area contributed by atoms with Gasteiger partial charge in [0.2, 0.25) is 11.6 Å². The van der Waals surface area contributed by atoms with E-state index in [1.807, 2.05) is 6.07 Å². The highest BCUT2D eigenvalue weighted by atomic mass is 19.4. The molecule has 43 heavy (non-hydrogen) atoms. The van der Waals surface area contributed by atoms with Gasteiger partial charge in [-0.05, 0) is 69.1 Å². The molecule has 8 nitrogen and oxygen atoms in total. The molecule has 4 aromatic rings. The minimum Gasteiger partial charge on any atom is -0.475 e. The van der Waals surface area contributed by atoms with Gasteiger partial charge in [-0.1, -0.05) is 6.07 Å². The van der Waals surface area contributed by atoms with Gasteiger partial charge >= 0.3 is 12.3 Å². The van der Waals surface area contributed by atoms with E-state index in [0.29, 0.717) is 49.6 Å². The van der Waals surface area contributed by atoms with Crippen molar-refractivity contribution in [3.63, 3.8) is 0 Å². The van der Waals surface area contributed by atoms with Crippen LogP contribution in [0.15, 0.2) is 48.8 Å². The van der Waals surface area contributed by atoms with E-state index in [4.69, 9.17) is 14.2 Å². The monoisotopic (exact) mass is 607 g/mol. The predicted octanol–water partition coefficient (Wildman–Crippen LogP) is 6.49. The van der Waals surface area contributed by atoms with Crippen molar-refractivity contribution >= 4 is 27.6 Å². The van der Waals surface area contributed by atoms with Crippen LogP contribution in [0.4, 0.5) is 22.0 Å². The summed E-state index contributed by atoms with van der Waals surface area (Å²) in [5.74, 6) is -4.38. The maximum Gasteiger partial charge on any atom is 0.573 e. The molecule has 0 spiro atoms. The number of carbonyl (C=O) groups excluding carboxylic acids is 1. The highest BCUT2D eigenvalue weighted by Crippen LogP contribution is 2.31. The van der Waals surface area contributed by atoms with Crippen LogP contribution in [0.5, 0.6) is 11.6 Å². The van der Waals surface area contributed by atoms with Gasteiger partial charge in [0.15, 0.2) is 11.6 Å². The minimum absolute atomic E-state index is 0.0669. The Morgan fingerprint density at radius 2 is 1.72 bits per heavy atom. The van der Waals surface area contributed by atoms with Crippen LogP contribution in [0, 0.1) is 11.6 Å². The van der Waals surface area contributed by atoms with Gasteiger partial charge in [-0.3, -0.25) is 4.98 Å². The number of nitrogens with one attached hydrogen (secondary N) is 1. The van der Waals surface area contributed by atoms with E-state index in [9.17, 15) is 26.7 Å². The molecule has 0 aliphatic heterocycles. The Labute approximate surface area is 244 Å². The number of ether oxygens (including phenoxy) is 4. The van der Waals surface area contributed by atoms with E-state index >= 15 is 0 Å². The van der Waals surface area contributed by atoms with Crippen molar-refractivity contribution in [2.45, 2.75) is 45.7 Å². The van der Waals surface area contributed by atoms with Crippen LogP contribution in [-0.4, -0.2) is 54.8 Å². The Hall–Kier alpha value is -4.10. The third-order valence-corrected chi connectivity index (χ3v) is 6.10. The fourth-order valence-electron chi connectivity index (χ4n) is 4.25. The second kappa shape index (κ2) is 14.4. The van der Waals surface area contributed by atoms with Gasteiger partial charge in [-0.25, -0.2) is 18.6 Å². The van der Waals surface area contributed by atoms with Gasteiger partial charge in [-0.15, -0.1) is 13.2 Å². The number of alkyl halides is 3. The summed E-state index contributed by atoms with van der Waals surface area (Å²) in [6.07, 6.45) is -0.705. The summed E-state index contributed by atoms with van der Waals surface area (Å²) in [6, 6.07) is 8.56. The quantitative estimate of drug-likeness (QED) is 0.0753. The summed E-state index contributed by atoms with van der Waals surface area (Å²) in [6.45, 7) is 5.09. The van der Waals surface area contributed by atoms with Crippen molar-refractivity contribution in [3.8, 4) is 11.6 Å². The van der Waals surface area contributed by atoms with E-state index in [-0.39, 0.29) is 24.8 Å². The lowest BCUT2D eigenvalue weighted by Crippen LogP contribution is -2.20. The first-order valence-electron chi connectivity index (χ1n) is 13.5. The molecule has 2 heterocycles. The van der Waals surface area contributed by atoms with E-state index in [2.05, 4.69) is 20.0 Å². The van der Waals surface area contributed by atoms with Crippen LogP contribution in [0.2, 0.25) is 0 Å². The predicted molar refractivity (Wildman–Crippen MR) is 148 cm³/mol. The number of benzene rings is 2. The van der Waals surface area contributed by atoms with Crippen molar-refractivity contribution in [1.29, 1.82) is 0 Å². The van der Waals surface area contributed by atoms with Crippen LogP contribution < -0.4 is 14.8 Å². The molecule has 2 aromatic carbocycles. The Morgan fingerprint density at radius 3 is 2.44 bits per heavy atom. The Bertz CT molecular complexity index is 1540. The van der Waals surface area contributed by atoms with Crippen LogP contribution in [0.1, 0.15) is 42.6 Å². The molecule has 0 unspecified atom stereocenters. The minimum atomic E-state index is -5.19. The molecule has 0 fully saturated rings. The van der Waals surface area contributed by atoms with Gasteiger partial charge in [0, 0.05) is 41.7 Å². The fraction of sp³-hybridized carbons (Fsp3) is 0.367. The first-order valence-corrected chi connectivity index (χ1v) is 13.5. The highest BCUT2D eigenvalue weighted by Gasteiger charge is 2.34. The second-order valence-corrected chi connectivity index (χ2v) is 9.81. The molecule has 4 rings (SSSR count). The van der Waals surface area contributed by atoms with Crippen molar-refractivity contribution in [2.75, 3.05) is 26.4 Å². The van der Waals surface area contributed by atoms with Crippen molar-refractivity contribution in [1.82, 2.24) is 15.3 Å². The Kier molecular flexibility index (Phi) is 10.6. The number of unbranched alkanes of at least 4 members (excludes halogenated alkanes) is 1. The summed E-state index contributed by atoms with van der Waals surface area (Å²) in [5.41, 5.74) is 1.10. The number of halogens is 5. The number of aromatic nitrogens is 2. The average Bonchev–Trinajstić information content (AvgIpc) is 2.94. The smallest absolute Gasteiger partial charge is 0.475 e. The molecule has 1 N–H and O–H groups in total. The number of fused-ring (bicyclic) bond motifs is 3. The van der Waals surface area contributed by atoms with Gasteiger partial charge in [0.05, 0.1) is 23.8 Å². The lowest BCUT2D eigenvalue weighted by molar-refractivity contribution is -0.276. The number of pyridine rings is 2. The standard InChI is InChI=1S/C30H30F5N3O5/c1-18(2)42-29(39)20-5-6-21-23-17-37-9-7-22(23)28(38-26(21)15-20)41-12-11-40-10-4-3-8-36-16-19-13-24(31)27(25(32)14-19)43-30(33,34)35/h5-7,9,13-15,17-18,36H,3-4,8,10-12,16H2,1-2H3. The summed E-state index contributed by atoms with van der Waals surface area (Å²) in [5, 5.41) is 5.40. The molecular formula is C30H30F5N3O5. The van der Waals surface area contributed by atoms with Crippen LogP contribution >= 0.6 is 0 Å². The molecule has 230 valence electrons. The maximum atomic E-state index is 13.8. The van der Waals surface area contributed by atoms with Gasteiger partial charge in [-0.2, -0.15) is 0 Å². The van der Waals surface area contributed by atoms with Crippen molar-refractivity contribution < 1.29 is 45.7 Å². The number of hydrogen-bond acceptors (Lipinski definition) is 8. The fourth-order valence-corrected chi connectivity index (χ4v) is 4.25. The molecule has 0 bridgehead atoms. The first-order chi connectivity index (χ1) is 20.5. The molecule has 0 radical (unpaired) electrons. The summed E-state index contributed by atoms with van der Waals surface area (Å²) in [7, 11) is 0. The molecule has 2 aromatic heterocycles. The zero-order chi connectivity index (χ0) is 31.0. The molecule has 0 atom stereocenters. The lowest BCUT2D eigenvalue weighted by atomic mass is 10.1. The molecule has 0 aliphatic carbocycles. The first kappa shape index (κ1) is 31.8. The third-order valence-electron chi connectivity index (χ3n) is 6.10. The second-order valence-electron chi connectivity index (χ2n) is 9.81. The zero-order valence-corrected chi connectivity index (χ0v) is 23.5. The van der Waals surface area contributed by atoms with E-state index in [1.165, 1.54) is 0 Å². The van der Waals surface area contributed by atoms with Crippen LogP contribution in [0.3, 0.4) is 0 Å². The largest absolute Gasteiger partial charge is 0.573 e. The Balaban J connectivity index is 1.21.